The van der Waals surface area contributed by atoms with Crippen molar-refractivity contribution in [1.29, 1.82) is 0 Å². The summed E-state index contributed by atoms with van der Waals surface area (Å²) in [4.78, 5) is 23.2. The topological polar surface area (TPSA) is 113 Å². The predicted octanol–water partition coefficient (Wildman–Crippen LogP) is 4.27. The maximum Gasteiger partial charge on any atom is 0.322 e. The second kappa shape index (κ2) is 8.13. The Balaban J connectivity index is 1.72. The van der Waals surface area contributed by atoms with E-state index in [0.29, 0.717) is 24.2 Å². The molecule has 0 unspecified atom stereocenters. The van der Waals surface area contributed by atoms with Crippen LogP contribution >= 0.6 is 0 Å². The summed E-state index contributed by atoms with van der Waals surface area (Å²) in [5.41, 5.74) is 2.20. The molecule has 1 aromatic heterocycles. The maximum absolute atomic E-state index is 12.4. The first-order valence-corrected chi connectivity index (χ1v) is 8.53. The van der Waals surface area contributed by atoms with Crippen LogP contribution < -0.4 is 10.6 Å². The normalized spacial score (nSPS) is 10.4. The molecule has 138 valence electrons. The Morgan fingerprint density at radius 1 is 1.07 bits per heavy atom. The summed E-state index contributed by atoms with van der Waals surface area (Å²) >= 11 is 0. The van der Waals surface area contributed by atoms with Crippen molar-refractivity contribution in [3.05, 3.63) is 76.1 Å². The fourth-order valence-electron chi connectivity index (χ4n) is 2.67. The number of carbonyl (C=O) groups is 1. The number of aromatic nitrogens is 2. The van der Waals surface area contributed by atoms with Crippen LogP contribution in [0.25, 0.3) is 0 Å². The largest absolute Gasteiger partial charge is 0.356 e. The van der Waals surface area contributed by atoms with Crippen LogP contribution in [0.2, 0.25) is 0 Å². The molecule has 1 heterocycles. The summed E-state index contributed by atoms with van der Waals surface area (Å²) in [5.74, 6) is -0.621. The lowest BCUT2D eigenvalue weighted by Gasteiger charge is -2.08. The lowest BCUT2D eigenvalue weighted by Crippen LogP contribution is -2.14. The standard InChI is InChI=1S/C19H19N5O3/c1-2-6-16-18(24(26)27)17(23-22-16)19(25)21-15-11-9-14(10-12-15)20-13-7-4-3-5-8-13/h3-5,7-12,20H,2,6H2,1H3,(H,21,25)(H,22,23). The summed E-state index contributed by atoms with van der Waals surface area (Å²) in [6, 6.07) is 16.7. The van der Waals surface area contributed by atoms with Crippen molar-refractivity contribution in [1.82, 2.24) is 10.2 Å². The molecule has 0 radical (unpaired) electrons. The van der Waals surface area contributed by atoms with Crippen molar-refractivity contribution in [2.75, 3.05) is 10.6 Å². The number of nitro groups is 1. The number of hydrogen-bond donors (Lipinski definition) is 3. The highest BCUT2D eigenvalue weighted by atomic mass is 16.6. The Morgan fingerprint density at radius 2 is 1.70 bits per heavy atom. The monoisotopic (exact) mass is 365 g/mol. The zero-order valence-corrected chi connectivity index (χ0v) is 14.7. The predicted molar refractivity (Wildman–Crippen MR) is 103 cm³/mol. The van der Waals surface area contributed by atoms with Crippen molar-refractivity contribution in [2.24, 2.45) is 0 Å². The zero-order valence-electron chi connectivity index (χ0n) is 14.7. The molecular formula is C19H19N5O3. The number of amides is 1. The van der Waals surface area contributed by atoms with E-state index in [1.165, 1.54) is 0 Å². The van der Waals surface area contributed by atoms with Gasteiger partial charge in [0.15, 0.2) is 0 Å². The molecule has 8 heteroatoms. The number of hydrogen-bond acceptors (Lipinski definition) is 5. The third-order valence-electron chi connectivity index (χ3n) is 3.92. The van der Waals surface area contributed by atoms with Gasteiger partial charge >= 0.3 is 5.69 Å². The number of aromatic amines is 1. The van der Waals surface area contributed by atoms with Crippen LogP contribution in [0, 0.1) is 10.1 Å². The molecule has 27 heavy (non-hydrogen) atoms. The molecule has 0 aliphatic rings. The molecule has 1 amide bonds. The maximum atomic E-state index is 12.4. The van der Waals surface area contributed by atoms with Gasteiger partial charge in [0.1, 0.15) is 5.69 Å². The van der Waals surface area contributed by atoms with E-state index < -0.39 is 10.8 Å². The zero-order chi connectivity index (χ0) is 19.2. The third-order valence-corrected chi connectivity index (χ3v) is 3.92. The van der Waals surface area contributed by atoms with Crippen LogP contribution in [0.1, 0.15) is 29.5 Å². The number of anilines is 3. The fourth-order valence-corrected chi connectivity index (χ4v) is 2.67. The summed E-state index contributed by atoms with van der Waals surface area (Å²) < 4.78 is 0. The highest BCUT2D eigenvalue weighted by Gasteiger charge is 2.28. The number of para-hydroxylation sites is 1. The Hall–Kier alpha value is -3.68. The molecule has 8 nitrogen and oxygen atoms in total. The van der Waals surface area contributed by atoms with E-state index in [0.717, 1.165) is 11.4 Å². The number of nitrogens with one attached hydrogen (secondary N) is 3. The average Bonchev–Trinajstić information content (AvgIpc) is 3.09. The van der Waals surface area contributed by atoms with E-state index in [4.69, 9.17) is 0 Å². The Labute approximate surface area is 155 Å². The molecule has 0 fully saturated rings. The van der Waals surface area contributed by atoms with Crippen LogP contribution in [-0.4, -0.2) is 21.0 Å². The summed E-state index contributed by atoms with van der Waals surface area (Å²) in [7, 11) is 0. The van der Waals surface area contributed by atoms with Gasteiger partial charge in [0, 0.05) is 17.1 Å². The summed E-state index contributed by atoms with van der Waals surface area (Å²) in [6.45, 7) is 1.90. The Bertz CT molecular complexity index is 936. The van der Waals surface area contributed by atoms with E-state index in [1.54, 1.807) is 12.1 Å². The Morgan fingerprint density at radius 3 is 2.33 bits per heavy atom. The van der Waals surface area contributed by atoms with Gasteiger partial charge in [-0.15, -0.1) is 0 Å². The lowest BCUT2D eigenvalue weighted by molar-refractivity contribution is -0.385. The molecule has 3 aromatic rings. The summed E-state index contributed by atoms with van der Waals surface area (Å²) in [5, 5.41) is 23.6. The first-order valence-electron chi connectivity index (χ1n) is 8.53. The quantitative estimate of drug-likeness (QED) is 0.427. The van der Waals surface area contributed by atoms with Gasteiger partial charge in [-0.3, -0.25) is 20.0 Å². The van der Waals surface area contributed by atoms with Crippen LogP contribution in [0.4, 0.5) is 22.7 Å². The van der Waals surface area contributed by atoms with Crippen LogP contribution in [-0.2, 0) is 6.42 Å². The van der Waals surface area contributed by atoms with Crippen molar-refractivity contribution in [3.8, 4) is 0 Å². The van der Waals surface area contributed by atoms with Gasteiger partial charge in [-0.25, -0.2) is 0 Å². The molecule has 3 rings (SSSR count). The fraction of sp³-hybridized carbons (Fsp3) is 0.158. The summed E-state index contributed by atoms with van der Waals surface area (Å²) in [6.07, 6.45) is 1.16. The number of nitrogens with zero attached hydrogens (tertiary/aromatic N) is 2. The minimum atomic E-state index is -0.621. The second-order valence-electron chi connectivity index (χ2n) is 5.93. The number of rotatable bonds is 7. The highest BCUT2D eigenvalue weighted by Crippen LogP contribution is 2.24. The van der Waals surface area contributed by atoms with Gasteiger partial charge in [-0.1, -0.05) is 31.5 Å². The second-order valence-corrected chi connectivity index (χ2v) is 5.93. The number of benzene rings is 2. The molecule has 0 bridgehead atoms. The highest BCUT2D eigenvalue weighted by molar-refractivity contribution is 6.05. The van der Waals surface area contributed by atoms with Gasteiger partial charge in [-0.05, 0) is 42.8 Å². The van der Waals surface area contributed by atoms with Crippen LogP contribution in [0.5, 0.6) is 0 Å². The molecule has 0 aliphatic carbocycles. The molecule has 3 N–H and O–H groups in total. The number of H-pyrrole nitrogens is 1. The first-order chi connectivity index (χ1) is 13.1. The molecular weight excluding hydrogens is 346 g/mol. The van der Waals surface area contributed by atoms with Gasteiger partial charge in [-0.2, -0.15) is 5.10 Å². The van der Waals surface area contributed by atoms with E-state index in [9.17, 15) is 14.9 Å². The molecule has 0 atom stereocenters. The smallest absolute Gasteiger partial charge is 0.322 e. The van der Waals surface area contributed by atoms with E-state index in [2.05, 4.69) is 20.8 Å². The number of aryl methyl sites for hydroxylation is 1. The first kappa shape index (κ1) is 18.1. The SMILES string of the molecule is CCCc1[nH]nc(C(=O)Nc2ccc(Nc3ccccc3)cc2)c1[N+](=O)[O-]. The van der Waals surface area contributed by atoms with Gasteiger partial charge in [0.2, 0.25) is 5.69 Å². The molecule has 0 spiro atoms. The van der Waals surface area contributed by atoms with Crippen molar-refractivity contribution >= 4 is 28.7 Å². The average molecular weight is 365 g/mol. The van der Waals surface area contributed by atoms with Crippen molar-refractivity contribution in [3.63, 3.8) is 0 Å². The van der Waals surface area contributed by atoms with Crippen LogP contribution in [0.3, 0.4) is 0 Å². The lowest BCUT2D eigenvalue weighted by atomic mass is 10.2. The van der Waals surface area contributed by atoms with Crippen molar-refractivity contribution in [2.45, 2.75) is 19.8 Å². The minimum Gasteiger partial charge on any atom is -0.356 e. The molecule has 0 saturated heterocycles. The molecule has 0 aliphatic heterocycles. The van der Waals surface area contributed by atoms with E-state index >= 15 is 0 Å². The Kier molecular flexibility index (Phi) is 5.46. The minimum absolute atomic E-state index is 0.213. The van der Waals surface area contributed by atoms with E-state index in [-0.39, 0.29) is 11.4 Å². The number of carbonyl (C=O) groups excluding carboxylic acids is 1. The van der Waals surface area contributed by atoms with Crippen molar-refractivity contribution < 1.29 is 9.72 Å². The molecule has 2 aromatic carbocycles. The van der Waals surface area contributed by atoms with Gasteiger partial charge in [0.25, 0.3) is 5.91 Å². The molecule has 0 saturated carbocycles. The van der Waals surface area contributed by atoms with E-state index in [1.807, 2.05) is 49.4 Å². The van der Waals surface area contributed by atoms with Crippen LogP contribution in [0.15, 0.2) is 54.6 Å². The third kappa shape index (κ3) is 4.30. The van der Waals surface area contributed by atoms with Gasteiger partial charge in [0.05, 0.1) is 4.92 Å². The van der Waals surface area contributed by atoms with Gasteiger partial charge < -0.3 is 10.6 Å².